The molecule has 6 nitrogen and oxygen atoms in total. The van der Waals surface area contributed by atoms with Gasteiger partial charge in [0.15, 0.2) is 5.78 Å². The minimum absolute atomic E-state index is 0.0339. The Hall–Kier alpha value is -2.85. The predicted octanol–water partition coefficient (Wildman–Crippen LogP) is 3.42. The predicted molar refractivity (Wildman–Crippen MR) is 99.7 cm³/mol. The largest absolute Gasteiger partial charge is 0.490 e. The summed E-state index contributed by atoms with van der Waals surface area (Å²) in [5.41, 5.74) is -3.53. The molecule has 2 amide bonds. The molecule has 3 N–H and O–H groups in total. The molecule has 0 bridgehead atoms. The smallest absolute Gasteiger partial charge is 0.437 e. The zero-order chi connectivity index (χ0) is 21.2. The lowest BCUT2D eigenvalue weighted by Gasteiger charge is -2.44. The van der Waals surface area contributed by atoms with Crippen LogP contribution in [0.15, 0.2) is 54.4 Å². The van der Waals surface area contributed by atoms with E-state index in [1.165, 1.54) is 53.2 Å². The molecule has 154 valence electrons. The summed E-state index contributed by atoms with van der Waals surface area (Å²) in [5.74, 6) is -2.55. The van der Waals surface area contributed by atoms with Crippen LogP contribution in [0.2, 0.25) is 0 Å². The second-order valence-electron chi connectivity index (χ2n) is 6.33. The van der Waals surface area contributed by atoms with Gasteiger partial charge < -0.3 is 20.5 Å². The van der Waals surface area contributed by atoms with Crippen molar-refractivity contribution in [2.75, 3.05) is 6.61 Å². The number of aliphatic hydroxyl groups is 1. The van der Waals surface area contributed by atoms with Crippen LogP contribution in [-0.4, -0.2) is 35.4 Å². The van der Waals surface area contributed by atoms with Crippen LogP contribution in [0.5, 0.6) is 5.75 Å². The highest BCUT2D eigenvalue weighted by atomic mass is 32.1. The van der Waals surface area contributed by atoms with Gasteiger partial charge in [-0.3, -0.25) is 4.79 Å². The molecular formula is C19H17F3N2O4S. The molecule has 2 aromatic rings. The number of hydrogen-bond donors (Lipinski definition) is 3. The highest BCUT2D eigenvalue weighted by Gasteiger charge is 2.66. The van der Waals surface area contributed by atoms with Gasteiger partial charge in [0.1, 0.15) is 18.3 Å². The molecule has 3 rings (SSSR count). The maximum absolute atomic E-state index is 13.8. The van der Waals surface area contributed by atoms with Gasteiger partial charge >= 0.3 is 12.2 Å². The van der Waals surface area contributed by atoms with Crippen molar-refractivity contribution in [2.24, 2.45) is 5.92 Å². The van der Waals surface area contributed by atoms with Gasteiger partial charge in [-0.05, 0) is 29.1 Å². The molecule has 10 heteroatoms. The lowest BCUT2D eigenvalue weighted by molar-refractivity contribution is -0.287. The summed E-state index contributed by atoms with van der Waals surface area (Å²) in [6.45, 7) is 3.75. The van der Waals surface area contributed by atoms with E-state index in [9.17, 15) is 27.9 Å². The number of alkyl halides is 3. The number of amides is 2. The minimum atomic E-state index is -5.28. The summed E-state index contributed by atoms with van der Waals surface area (Å²) in [6, 6.07) is 6.07. The molecule has 3 atom stereocenters. The SMILES string of the molecule is C=CCOc1ccc([C@@H]2NC(=O)N[C@](O)(C(F)(F)F)[C@@H]2C(=O)c2cccs2)cc1. The molecule has 1 aliphatic heterocycles. The Morgan fingerprint density at radius 3 is 2.55 bits per heavy atom. The van der Waals surface area contributed by atoms with Gasteiger partial charge in [-0.25, -0.2) is 4.79 Å². The van der Waals surface area contributed by atoms with E-state index in [0.717, 1.165) is 11.3 Å². The van der Waals surface area contributed by atoms with Crippen LogP contribution in [0.25, 0.3) is 0 Å². The van der Waals surface area contributed by atoms with Crippen LogP contribution in [0.1, 0.15) is 21.3 Å². The number of ether oxygens (including phenoxy) is 1. The quantitative estimate of drug-likeness (QED) is 0.488. The second kappa shape index (κ2) is 7.88. The van der Waals surface area contributed by atoms with Gasteiger partial charge in [0.25, 0.3) is 0 Å². The molecule has 1 saturated heterocycles. The van der Waals surface area contributed by atoms with Crippen molar-refractivity contribution in [1.82, 2.24) is 10.6 Å². The van der Waals surface area contributed by atoms with E-state index in [4.69, 9.17) is 4.74 Å². The highest BCUT2D eigenvalue weighted by molar-refractivity contribution is 7.12. The number of halogens is 3. The Kier molecular flexibility index (Phi) is 5.67. The summed E-state index contributed by atoms with van der Waals surface area (Å²) >= 11 is 0.948. The van der Waals surface area contributed by atoms with Crippen molar-refractivity contribution in [2.45, 2.75) is 17.9 Å². The number of nitrogens with one attached hydrogen (secondary N) is 2. The molecule has 1 aromatic heterocycles. The Labute approximate surface area is 168 Å². The van der Waals surface area contributed by atoms with Crippen LogP contribution in [-0.2, 0) is 0 Å². The normalized spacial score (nSPS) is 24.3. The Morgan fingerprint density at radius 2 is 2.00 bits per heavy atom. The molecule has 1 fully saturated rings. The molecule has 0 aliphatic carbocycles. The summed E-state index contributed by atoms with van der Waals surface area (Å²) in [7, 11) is 0. The number of thiophene rings is 1. The fourth-order valence-electron chi connectivity index (χ4n) is 3.12. The Morgan fingerprint density at radius 1 is 1.31 bits per heavy atom. The molecule has 0 saturated carbocycles. The summed E-state index contributed by atoms with van der Waals surface area (Å²) < 4.78 is 46.7. The third-order valence-corrected chi connectivity index (χ3v) is 5.34. The molecule has 0 unspecified atom stereocenters. The summed E-state index contributed by atoms with van der Waals surface area (Å²) in [4.78, 5) is 24.9. The van der Waals surface area contributed by atoms with Gasteiger partial charge in [0, 0.05) is 0 Å². The van der Waals surface area contributed by atoms with Gasteiger partial charge in [0.05, 0.1) is 10.9 Å². The molecular weight excluding hydrogens is 409 g/mol. The van der Waals surface area contributed by atoms with E-state index in [-0.39, 0.29) is 17.0 Å². The maximum Gasteiger partial charge on any atom is 0.437 e. The van der Waals surface area contributed by atoms with Crippen molar-refractivity contribution in [3.8, 4) is 5.75 Å². The van der Waals surface area contributed by atoms with Gasteiger partial charge in [-0.15, -0.1) is 11.3 Å². The molecule has 1 aliphatic rings. The number of ketones is 1. The van der Waals surface area contributed by atoms with Crippen molar-refractivity contribution < 1.29 is 32.6 Å². The van der Waals surface area contributed by atoms with Crippen LogP contribution >= 0.6 is 11.3 Å². The number of Topliss-reactive ketones (excluding diaryl/α,β-unsaturated/α-hetero) is 1. The molecule has 0 radical (unpaired) electrons. The molecule has 29 heavy (non-hydrogen) atoms. The van der Waals surface area contributed by atoms with E-state index >= 15 is 0 Å². The Balaban J connectivity index is 2.05. The van der Waals surface area contributed by atoms with Crippen molar-refractivity contribution >= 4 is 23.2 Å². The average Bonchev–Trinajstić information content (AvgIpc) is 3.20. The lowest BCUT2D eigenvalue weighted by atomic mass is 9.78. The number of urea groups is 1. The average molecular weight is 426 g/mol. The van der Waals surface area contributed by atoms with Gasteiger partial charge in [-0.2, -0.15) is 13.2 Å². The van der Waals surface area contributed by atoms with Crippen molar-refractivity contribution in [3.63, 3.8) is 0 Å². The number of rotatable bonds is 6. The molecule has 0 spiro atoms. The topological polar surface area (TPSA) is 87.7 Å². The molecule has 2 heterocycles. The standard InChI is InChI=1S/C19H17F3N2O4S/c1-2-9-28-12-7-5-11(6-8-12)15-14(16(25)13-4-3-10-29-13)18(27,19(20,21)22)24-17(26)23-15/h2-8,10,14-15,27H,1,9H2,(H2,23,24,26)/t14-,15-,18+/m0/s1. The van der Waals surface area contributed by atoms with Crippen molar-refractivity contribution in [3.05, 3.63) is 64.9 Å². The van der Waals surface area contributed by atoms with Crippen molar-refractivity contribution in [1.29, 1.82) is 0 Å². The highest BCUT2D eigenvalue weighted by Crippen LogP contribution is 2.44. The van der Waals surface area contributed by atoms with Gasteiger partial charge in [-0.1, -0.05) is 30.9 Å². The van der Waals surface area contributed by atoms with E-state index in [2.05, 4.69) is 11.9 Å². The zero-order valence-electron chi connectivity index (χ0n) is 14.9. The van der Waals surface area contributed by atoms with Crippen LogP contribution in [0.3, 0.4) is 0 Å². The van der Waals surface area contributed by atoms with Gasteiger partial charge in [0.2, 0.25) is 5.72 Å². The third kappa shape index (κ3) is 3.99. The summed E-state index contributed by atoms with van der Waals surface area (Å²) in [5, 5.41) is 15.8. The van der Waals surface area contributed by atoms with E-state index in [1.54, 1.807) is 0 Å². The van der Waals surface area contributed by atoms with Crippen LogP contribution in [0.4, 0.5) is 18.0 Å². The maximum atomic E-state index is 13.8. The number of hydrogen-bond acceptors (Lipinski definition) is 5. The van der Waals surface area contributed by atoms with Crippen LogP contribution < -0.4 is 15.4 Å². The first kappa shape index (κ1) is 20.9. The fourth-order valence-corrected chi connectivity index (χ4v) is 3.82. The Bertz CT molecular complexity index is 899. The first-order chi connectivity index (χ1) is 13.7. The van der Waals surface area contributed by atoms with E-state index in [0.29, 0.717) is 5.75 Å². The second-order valence-corrected chi connectivity index (χ2v) is 7.28. The van der Waals surface area contributed by atoms with Crippen LogP contribution in [0, 0.1) is 5.92 Å². The number of carbonyl (C=O) groups excluding carboxylic acids is 2. The zero-order valence-corrected chi connectivity index (χ0v) is 15.7. The first-order valence-electron chi connectivity index (χ1n) is 8.46. The number of benzene rings is 1. The van der Waals surface area contributed by atoms with E-state index < -0.39 is 35.7 Å². The summed E-state index contributed by atoms with van der Waals surface area (Å²) in [6.07, 6.45) is -3.76. The minimum Gasteiger partial charge on any atom is -0.490 e. The number of carbonyl (C=O) groups is 2. The lowest BCUT2D eigenvalue weighted by Crippen LogP contribution is -2.72. The molecule has 1 aromatic carbocycles. The fraction of sp³-hybridized carbons (Fsp3) is 0.263. The van der Waals surface area contributed by atoms with E-state index in [1.807, 2.05) is 0 Å². The monoisotopic (exact) mass is 426 g/mol. The first-order valence-corrected chi connectivity index (χ1v) is 9.34. The third-order valence-electron chi connectivity index (χ3n) is 4.46.